The molecular weight excluding hydrogens is 311 g/mol. The van der Waals surface area contributed by atoms with E-state index in [1.54, 1.807) is 6.07 Å². The van der Waals surface area contributed by atoms with Gasteiger partial charge in [-0.05, 0) is 45.5 Å². The zero-order chi connectivity index (χ0) is 15.7. The summed E-state index contributed by atoms with van der Waals surface area (Å²) in [4.78, 5) is 0. The van der Waals surface area contributed by atoms with Gasteiger partial charge in [0.1, 0.15) is 5.75 Å². The van der Waals surface area contributed by atoms with E-state index in [0.29, 0.717) is 28.9 Å². The van der Waals surface area contributed by atoms with Gasteiger partial charge >= 0.3 is 0 Å². The van der Waals surface area contributed by atoms with Crippen LogP contribution in [-0.2, 0) is 6.54 Å². The molecule has 0 aliphatic carbocycles. The molecule has 0 fully saturated rings. The van der Waals surface area contributed by atoms with Gasteiger partial charge in [0, 0.05) is 23.7 Å². The van der Waals surface area contributed by atoms with Crippen molar-refractivity contribution in [3.05, 3.63) is 27.7 Å². The molecule has 0 saturated heterocycles. The highest BCUT2D eigenvalue weighted by Crippen LogP contribution is 2.33. The molecule has 0 saturated carbocycles. The van der Waals surface area contributed by atoms with Crippen LogP contribution in [0.5, 0.6) is 5.75 Å². The van der Waals surface area contributed by atoms with Gasteiger partial charge in [-0.3, -0.25) is 0 Å². The van der Waals surface area contributed by atoms with E-state index in [1.165, 1.54) is 0 Å². The first kappa shape index (κ1) is 18.5. The molecular formula is C15H24Cl2N2O2. The predicted molar refractivity (Wildman–Crippen MR) is 88.5 cm³/mol. The fraction of sp³-hybridized carbons (Fsp3) is 0.600. The number of hydrogen-bond acceptors (Lipinski definition) is 4. The molecule has 6 heteroatoms. The summed E-state index contributed by atoms with van der Waals surface area (Å²) in [6.07, 6.45) is 1.04. The molecule has 0 atom stereocenters. The third-order valence-corrected chi connectivity index (χ3v) is 3.25. The van der Waals surface area contributed by atoms with Crippen LogP contribution in [0.4, 0.5) is 0 Å². The first-order valence-electron chi connectivity index (χ1n) is 7.21. The summed E-state index contributed by atoms with van der Waals surface area (Å²) >= 11 is 12.3. The molecule has 0 heterocycles. The third-order valence-electron chi connectivity index (χ3n) is 2.75. The summed E-state index contributed by atoms with van der Waals surface area (Å²) in [5.41, 5.74) is 0.963. The number of halogens is 2. The molecule has 0 bridgehead atoms. The largest absolute Gasteiger partial charge is 0.489 e. The van der Waals surface area contributed by atoms with Crippen molar-refractivity contribution in [2.24, 2.45) is 0 Å². The summed E-state index contributed by atoms with van der Waals surface area (Å²) in [5, 5.41) is 16.3. The first-order valence-corrected chi connectivity index (χ1v) is 7.97. The average molecular weight is 335 g/mol. The molecule has 1 rings (SSSR count). The number of aliphatic hydroxyl groups is 1. The predicted octanol–water partition coefficient (Wildman–Crippen LogP) is 2.84. The summed E-state index contributed by atoms with van der Waals surface area (Å²) in [6.45, 7) is 7.13. The lowest BCUT2D eigenvalue weighted by molar-refractivity contribution is 0.239. The highest BCUT2D eigenvalue weighted by molar-refractivity contribution is 6.35. The standard InChI is InChI=1S/C15H24Cl2N2O2/c1-11(2)21-15-12(8-13(16)9-14(15)17)10-19-5-3-4-18-6-7-20/h8-9,11,18-20H,3-7,10H2,1-2H3. The molecule has 120 valence electrons. The van der Waals surface area contributed by atoms with Crippen molar-refractivity contribution in [1.29, 1.82) is 0 Å². The van der Waals surface area contributed by atoms with E-state index >= 15 is 0 Å². The van der Waals surface area contributed by atoms with Gasteiger partial charge in [-0.25, -0.2) is 0 Å². The molecule has 0 aromatic heterocycles. The van der Waals surface area contributed by atoms with Crippen LogP contribution in [0, 0.1) is 0 Å². The van der Waals surface area contributed by atoms with Crippen LogP contribution in [0.3, 0.4) is 0 Å². The van der Waals surface area contributed by atoms with Crippen molar-refractivity contribution in [1.82, 2.24) is 10.6 Å². The molecule has 21 heavy (non-hydrogen) atoms. The second-order valence-electron chi connectivity index (χ2n) is 5.05. The van der Waals surface area contributed by atoms with E-state index in [9.17, 15) is 0 Å². The monoisotopic (exact) mass is 334 g/mol. The smallest absolute Gasteiger partial charge is 0.142 e. The number of ether oxygens (including phenoxy) is 1. The van der Waals surface area contributed by atoms with Crippen LogP contribution in [0.1, 0.15) is 25.8 Å². The van der Waals surface area contributed by atoms with E-state index in [2.05, 4.69) is 10.6 Å². The maximum Gasteiger partial charge on any atom is 0.142 e. The molecule has 3 N–H and O–H groups in total. The zero-order valence-electron chi connectivity index (χ0n) is 12.6. The van der Waals surface area contributed by atoms with Crippen molar-refractivity contribution >= 4 is 23.2 Å². The minimum atomic E-state index is 0.0603. The number of aliphatic hydroxyl groups excluding tert-OH is 1. The minimum Gasteiger partial charge on any atom is -0.489 e. The Bertz CT molecular complexity index is 428. The summed E-state index contributed by atoms with van der Waals surface area (Å²) in [5.74, 6) is 0.696. The molecule has 0 amide bonds. The molecule has 0 aliphatic rings. The maximum atomic E-state index is 8.66. The van der Waals surface area contributed by atoms with Gasteiger partial charge in [-0.1, -0.05) is 23.2 Å². The fourth-order valence-corrected chi connectivity index (χ4v) is 2.46. The van der Waals surface area contributed by atoms with Gasteiger partial charge < -0.3 is 20.5 Å². The van der Waals surface area contributed by atoms with Gasteiger partial charge in [0.05, 0.1) is 17.7 Å². The SMILES string of the molecule is CC(C)Oc1c(Cl)cc(Cl)cc1CNCCCNCCO. The van der Waals surface area contributed by atoms with Gasteiger partial charge in [-0.2, -0.15) is 0 Å². The van der Waals surface area contributed by atoms with Crippen LogP contribution >= 0.6 is 23.2 Å². The normalized spacial score (nSPS) is 11.1. The summed E-state index contributed by atoms with van der Waals surface area (Å²) in [6, 6.07) is 3.57. The Morgan fingerprint density at radius 1 is 1.14 bits per heavy atom. The van der Waals surface area contributed by atoms with Gasteiger partial charge in [0.15, 0.2) is 0 Å². The maximum absolute atomic E-state index is 8.66. The molecule has 0 radical (unpaired) electrons. The zero-order valence-corrected chi connectivity index (χ0v) is 14.1. The van der Waals surface area contributed by atoms with Crippen LogP contribution in [0.15, 0.2) is 12.1 Å². The summed E-state index contributed by atoms with van der Waals surface area (Å²) < 4.78 is 5.77. The minimum absolute atomic E-state index is 0.0603. The van der Waals surface area contributed by atoms with E-state index in [4.69, 9.17) is 33.0 Å². The highest BCUT2D eigenvalue weighted by Gasteiger charge is 2.12. The van der Waals surface area contributed by atoms with Crippen LogP contribution in [0.2, 0.25) is 10.0 Å². The fourth-order valence-electron chi connectivity index (χ4n) is 1.88. The van der Waals surface area contributed by atoms with Gasteiger partial charge in [0.2, 0.25) is 0 Å². The quantitative estimate of drug-likeness (QED) is 0.576. The Hall–Kier alpha value is -0.520. The third kappa shape index (κ3) is 7.34. The Morgan fingerprint density at radius 3 is 2.52 bits per heavy atom. The average Bonchev–Trinajstić information content (AvgIpc) is 2.41. The number of benzene rings is 1. The van der Waals surface area contributed by atoms with Gasteiger partial charge in [0.25, 0.3) is 0 Å². The number of nitrogens with one attached hydrogen (secondary N) is 2. The van der Waals surface area contributed by atoms with Crippen molar-refractivity contribution in [3.8, 4) is 5.75 Å². The Labute approximate surface area is 136 Å². The van der Waals surface area contributed by atoms with Gasteiger partial charge in [-0.15, -0.1) is 0 Å². The number of rotatable bonds is 10. The second kappa shape index (κ2) is 10.2. The van der Waals surface area contributed by atoms with E-state index < -0.39 is 0 Å². The second-order valence-corrected chi connectivity index (χ2v) is 5.89. The van der Waals surface area contributed by atoms with Crippen LogP contribution in [-0.4, -0.2) is 37.5 Å². The van der Waals surface area contributed by atoms with Crippen molar-refractivity contribution < 1.29 is 9.84 Å². The summed E-state index contributed by atoms with van der Waals surface area (Å²) in [7, 11) is 0. The van der Waals surface area contributed by atoms with Crippen molar-refractivity contribution in [3.63, 3.8) is 0 Å². The van der Waals surface area contributed by atoms with E-state index in [0.717, 1.165) is 25.1 Å². The van der Waals surface area contributed by atoms with E-state index in [1.807, 2.05) is 19.9 Å². The van der Waals surface area contributed by atoms with Crippen LogP contribution in [0.25, 0.3) is 0 Å². The van der Waals surface area contributed by atoms with Crippen molar-refractivity contribution in [2.45, 2.75) is 32.9 Å². The lowest BCUT2D eigenvalue weighted by Gasteiger charge is -2.17. The molecule has 4 nitrogen and oxygen atoms in total. The first-order chi connectivity index (χ1) is 10.0. The topological polar surface area (TPSA) is 53.5 Å². The Kier molecular flexibility index (Phi) is 9.04. The molecule has 0 spiro atoms. The number of hydrogen-bond donors (Lipinski definition) is 3. The molecule has 0 unspecified atom stereocenters. The highest BCUT2D eigenvalue weighted by atomic mass is 35.5. The lowest BCUT2D eigenvalue weighted by Crippen LogP contribution is -2.24. The van der Waals surface area contributed by atoms with Crippen LogP contribution < -0.4 is 15.4 Å². The van der Waals surface area contributed by atoms with E-state index in [-0.39, 0.29) is 12.7 Å². The Balaban J connectivity index is 2.49. The molecule has 1 aromatic carbocycles. The molecule has 1 aromatic rings. The molecule has 0 aliphatic heterocycles. The van der Waals surface area contributed by atoms with Crippen molar-refractivity contribution in [2.75, 3.05) is 26.2 Å². The lowest BCUT2D eigenvalue weighted by atomic mass is 10.2. The Morgan fingerprint density at radius 2 is 1.86 bits per heavy atom.